The third-order valence-electron chi connectivity index (χ3n) is 2.92. The van der Waals surface area contributed by atoms with Gasteiger partial charge in [-0.2, -0.15) is 0 Å². The molecule has 1 atom stereocenters. The molecule has 0 aliphatic carbocycles. The van der Waals surface area contributed by atoms with Gasteiger partial charge in [-0.1, -0.05) is 0 Å². The Morgan fingerprint density at radius 2 is 2.19 bits per heavy atom. The normalized spacial score (nSPS) is 22.0. The van der Waals surface area contributed by atoms with Crippen molar-refractivity contribution in [2.75, 3.05) is 12.3 Å². The molecule has 16 heavy (non-hydrogen) atoms. The Hall–Kier alpha value is -0.940. The van der Waals surface area contributed by atoms with E-state index in [-0.39, 0.29) is 22.4 Å². The molecule has 0 bridgehead atoms. The van der Waals surface area contributed by atoms with Crippen molar-refractivity contribution in [3.63, 3.8) is 0 Å². The van der Waals surface area contributed by atoms with Crippen molar-refractivity contribution in [1.29, 1.82) is 0 Å². The van der Waals surface area contributed by atoms with Crippen LogP contribution in [0.3, 0.4) is 0 Å². The minimum absolute atomic E-state index is 0.0891. The Morgan fingerprint density at radius 3 is 2.88 bits per heavy atom. The molecule has 3 nitrogen and oxygen atoms in total. The zero-order chi connectivity index (χ0) is 11.8. The van der Waals surface area contributed by atoms with E-state index in [1.54, 1.807) is 0 Å². The summed E-state index contributed by atoms with van der Waals surface area (Å²) < 4.78 is 36.7. The van der Waals surface area contributed by atoms with Gasteiger partial charge in [0.05, 0.1) is 10.6 Å². The maximum Gasteiger partial charge on any atom is 0.179 e. The predicted octanol–water partition coefficient (Wildman–Crippen LogP) is 1.44. The Kier molecular flexibility index (Phi) is 2.99. The molecule has 0 amide bonds. The second kappa shape index (κ2) is 4.14. The summed E-state index contributed by atoms with van der Waals surface area (Å²) in [6.45, 7) is 0.529. The van der Waals surface area contributed by atoms with Crippen molar-refractivity contribution < 1.29 is 12.8 Å². The first-order valence-electron chi connectivity index (χ1n) is 5.27. The van der Waals surface area contributed by atoms with Gasteiger partial charge < -0.3 is 5.73 Å². The molecule has 0 spiro atoms. The topological polar surface area (TPSA) is 60.2 Å². The third kappa shape index (κ3) is 1.97. The fourth-order valence-corrected chi connectivity index (χ4v) is 4.08. The van der Waals surface area contributed by atoms with Crippen LogP contribution in [0, 0.1) is 5.82 Å². The van der Waals surface area contributed by atoms with E-state index in [0.29, 0.717) is 18.5 Å². The highest BCUT2D eigenvalue weighted by molar-refractivity contribution is 7.91. The molecular weight excluding hydrogens is 229 g/mol. The summed E-state index contributed by atoms with van der Waals surface area (Å²) in [5.41, 5.74) is 6.02. The fraction of sp³-hybridized carbons (Fsp3) is 0.455. The molecule has 1 aliphatic heterocycles. The van der Waals surface area contributed by atoms with Crippen LogP contribution < -0.4 is 5.73 Å². The summed E-state index contributed by atoms with van der Waals surface area (Å²) in [7, 11) is -3.21. The third-order valence-corrected chi connectivity index (χ3v) is 4.81. The van der Waals surface area contributed by atoms with Gasteiger partial charge in [0.2, 0.25) is 0 Å². The van der Waals surface area contributed by atoms with Crippen LogP contribution in [0.25, 0.3) is 0 Å². The lowest BCUT2D eigenvalue weighted by molar-refractivity contribution is 0.590. The predicted molar refractivity (Wildman–Crippen MR) is 59.5 cm³/mol. The van der Waals surface area contributed by atoms with Crippen molar-refractivity contribution >= 4 is 9.84 Å². The highest BCUT2D eigenvalue weighted by Gasteiger charge is 2.34. The van der Waals surface area contributed by atoms with Crippen molar-refractivity contribution in [2.24, 2.45) is 5.73 Å². The fourth-order valence-electron chi connectivity index (χ4n) is 2.17. The molecule has 2 rings (SSSR count). The largest absolute Gasteiger partial charge is 0.330 e. The van der Waals surface area contributed by atoms with Crippen LogP contribution in [0.4, 0.5) is 4.39 Å². The lowest BCUT2D eigenvalue weighted by Crippen LogP contribution is -2.06. The van der Waals surface area contributed by atoms with Gasteiger partial charge in [0.15, 0.2) is 9.84 Å². The smallest absolute Gasteiger partial charge is 0.179 e. The average Bonchev–Trinajstić information content (AvgIpc) is 2.47. The number of rotatable bonds is 3. The first kappa shape index (κ1) is 11.5. The van der Waals surface area contributed by atoms with E-state index in [2.05, 4.69) is 0 Å². The molecule has 0 radical (unpaired) electrons. The van der Waals surface area contributed by atoms with E-state index >= 15 is 0 Å². The lowest BCUT2D eigenvalue weighted by Gasteiger charge is -2.08. The molecule has 88 valence electrons. The molecule has 1 aliphatic rings. The van der Waals surface area contributed by atoms with Crippen molar-refractivity contribution in [2.45, 2.75) is 23.7 Å². The van der Waals surface area contributed by atoms with E-state index in [0.717, 1.165) is 6.42 Å². The van der Waals surface area contributed by atoms with Crippen LogP contribution in [-0.4, -0.2) is 20.7 Å². The minimum atomic E-state index is -3.21. The number of fused-ring (bicyclic) bond motifs is 1. The summed E-state index contributed by atoms with van der Waals surface area (Å²) in [5.74, 6) is -0.390. The lowest BCUT2D eigenvalue weighted by atomic mass is 9.96. The molecule has 1 heterocycles. The van der Waals surface area contributed by atoms with Gasteiger partial charge in [0.25, 0.3) is 0 Å². The monoisotopic (exact) mass is 243 g/mol. The highest BCUT2D eigenvalue weighted by Crippen LogP contribution is 2.37. The molecular formula is C11H14FNO2S. The standard InChI is InChI=1S/C11H14FNO2S/c12-9-3-4-11-10(6-9)8(2-1-5-13)7-16(11,14)15/h3-4,6,8H,1-2,5,7,13H2. The summed E-state index contributed by atoms with van der Waals surface area (Å²) in [6, 6.07) is 3.89. The van der Waals surface area contributed by atoms with Gasteiger partial charge in [-0.05, 0) is 49.1 Å². The van der Waals surface area contributed by atoms with Gasteiger partial charge in [-0.25, -0.2) is 12.8 Å². The molecule has 1 unspecified atom stereocenters. The van der Waals surface area contributed by atoms with E-state index in [9.17, 15) is 12.8 Å². The zero-order valence-corrected chi connectivity index (χ0v) is 9.63. The average molecular weight is 243 g/mol. The molecule has 2 N–H and O–H groups in total. The summed E-state index contributed by atoms with van der Waals surface area (Å²) >= 11 is 0. The van der Waals surface area contributed by atoms with Crippen LogP contribution >= 0.6 is 0 Å². The molecule has 5 heteroatoms. The highest BCUT2D eigenvalue weighted by atomic mass is 32.2. The van der Waals surface area contributed by atoms with Crippen LogP contribution in [0.15, 0.2) is 23.1 Å². The van der Waals surface area contributed by atoms with E-state index in [1.807, 2.05) is 0 Å². The molecule has 1 aromatic rings. The van der Waals surface area contributed by atoms with Gasteiger partial charge >= 0.3 is 0 Å². The Bertz CT molecular complexity index is 499. The van der Waals surface area contributed by atoms with Crippen molar-refractivity contribution in [1.82, 2.24) is 0 Å². The molecule has 0 fully saturated rings. The minimum Gasteiger partial charge on any atom is -0.330 e. The number of halogens is 1. The molecule has 0 aromatic heterocycles. The molecule has 1 aromatic carbocycles. The van der Waals surface area contributed by atoms with E-state index in [1.165, 1.54) is 18.2 Å². The number of sulfone groups is 1. The van der Waals surface area contributed by atoms with Gasteiger partial charge in [-0.3, -0.25) is 0 Å². The van der Waals surface area contributed by atoms with Crippen LogP contribution in [0.2, 0.25) is 0 Å². The summed E-state index contributed by atoms with van der Waals surface area (Å²) in [5, 5.41) is 0. The van der Waals surface area contributed by atoms with Crippen LogP contribution in [0.5, 0.6) is 0 Å². The first-order chi connectivity index (χ1) is 7.54. The number of nitrogens with two attached hydrogens (primary N) is 1. The van der Waals surface area contributed by atoms with Crippen molar-refractivity contribution in [3.05, 3.63) is 29.6 Å². The van der Waals surface area contributed by atoms with Gasteiger partial charge in [-0.15, -0.1) is 0 Å². The Balaban J connectivity index is 2.40. The second-order valence-electron chi connectivity index (χ2n) is 4.09. The molecule has 0 saturated heterocycles. The maximum absolute atomic E-state index is 13.1. The number of hydrogen-bond acceptors (Lipinski definition) is 3. The van der Waals surface area contributed by atoms with Crippen LogP contribution in [-0.2, 0) is 9.84 Å². The second-order valence-corrected chi connectivity index (χ2v) is 6.09. The summed E-state index contributed by atoms with van der Waals surface area (Å²) in [6.07, 6.45) is 1.46. The zero-order valence-electron chi connectivity index (χ0n) is 8.82. The van der Waals surface area contributed by atoms with Gasteiger partial charge in [0, 0.05) is 0 Å². The first-order valence-corrected chi connectivity index (χ1v) is 6.92. The quantitative estimate of drug-likeness (QED) is 0.817. The number of hydrogen-bond donors (Lipinski definition) is 1. The maximum atomic E-state index is 13.1. The number of benzene rings is 1. The van der Waals surface area contributed by atoms with Crippen molar-refractivity contribution in [3.8, 4) is 0 Å². The van der Waals surface area contributed by atoms with Crippen LogP contribution in [0.1, 0.15) is 24.3 Å². The summed E-state index contributed by atoms with van der Waals surface area (Å²) in [4.78, 5) is 0.288. The Labute approximate surface area is 94.4 Å². The van der Waals surface area contributed by atoms with E-state index in [4.69, 9.17) is 5.73 Å². The Morgan fingerprint density at radius 1 is 1.44 bits per heavy atom. The SMILES string of the molecule is NCCCC1CS(=O)(=O)c2ccc(F)cc21. The van der Waals surface area contributed by atoms with E-state index < -0.39 is 9.84 Å². The molecule has 0 saturated carbocycles. The van der Waals surface area contributed by atoms with Gasteiger partial charge in [0.1, 0.15) is 5.82 Å².